The number of ether oxygens (including phenoxy) is 2. The number of nitrogens with zero attached hydrogens (tertiary/aromatic N) is 3. The largest absolute Gasteiger partial charge is 0.469 e. The first-order chi connectivity index (χ1) is 20.5. The molecule has 0 rings (SSSR count). The van der Waals surface area contributed by atoms with E-state index in [4.69, 9.17) is 0 Å². The van der Waals surface area contributed by atoms with Gasteiger partial charge in [0.2, 0.25) is 23.1 Å². The number of Topliss-reactive ketones (excluding diaryl/α,β-unsaturated/α-hetero) is 3. The van der Waals surface area contributed by atoms with Gasteiger partial charge < -0.3 is 33.7 Å². The quantitative estimate of drug-likeness (QED) is 0.385. The Morgan fingerprint density at radius 1 is 0.457 bits per heavy atom. The minimum Gasteiger partial charge on any atom is -0.469 e. The van der Waals surface area contributed by atoms with Crippen LogP contribution in [0.2, 0.25) is 0 Å². The molecule has 46 heavy (non-hydrogen) atoms. The highest BCUT2D eigenvalue weighted by Crippen LogP contribution is 1.82. The van der Waals surface area contributed by atoms with Gasteiger partial charge >= 0.3 is 11.9 Å². The number of amides is 2. The van der Waals surface area contributed by atoms with Gasteiger partial charge in [0.25, 0.3) is 0 Å². The van der Waals surface area contributed by atoms with Gasteiger partial charge in [0.15, 0.2) is 11.1 Å². The molecule has 0 heterocycles. The second kappa shape index (κ2) is 51.6. The number of carbonyl (C=O) groups excluding carboxylic acids is 7. The van der Waals surface area contributed by atoms with E-state index in [1.165, 1.54) is 118 Å². The molecule has 0 aliphatic rings. The molecule has 0 aliphatic carbocycles. The SMILES string of the molecule is CC(=O)N(C)C.CC(=O)N(C)C.CC(C)=O.CC(C)=O.CC(C)=O.COC(C)=O.COC(C)=O.COS(=O)N(C)C.COS(C)=O. The van der Waals surface area contributed by atoms with Crippen LogP contribution in [-0.2, 0) is 73.7 Å². The monoisotopic (exact) mass is 713 g/mol. The number of rotatable bonds is 3. The van der Waals surface area contributed by atoms with Crippen LogP contribution < -0.4 is 0 Å². The van der Waals surface area contributed by atoms with Crippen LogP contribution in [0, 0.1) is 0 Å². The van der Waals surface area contributed by atoms with Crippen molar-refractivity contribution in [3.05, 3.63) is 0 Å². The molecule has 0 aromatic rings. The zero-order valence-electron chi connectivity index (χ0n) is 32.0. The minimum absolute atomic E-state index is 0.0926. The smallest absolute Gasteiger partial charge is 0.302 e. The fourth-order valence-corrected chi connectivity index (χ4v) is 0.447. The summed E-state index contributed by atoms with van der Waals surface area (Å²) in [5.74, 6) is 0.194. The lowest BCUT2D eigenvalue weighted by molar-refractivity contribution is -0.138. The van der Waals surface area contributed by atoms with E-state index < -0.39 is 22.3 Å². The standard InChI is InChI=1S/2C4H9NO.C3H9NO2S.2C3H6O2.3C3H6O.C2H6O2S/c2*1-4(6)5(2)3;1-4(2)7(5)6-3;2*1-3(4)5-2;3*1-3(2)4;1-4-5(2)3/h2*1-3H3;1-3H3;2*1-2H3;3*1-2H3;1-2H3. The molecule has 0 aliphatic heterocycles. The molecule has 16 nitrogen and oxygen atoms in total. The molecule has 0 N–H and O–H groups in total. The van der Waals surface area contributed by atoms with Crippen LogP contribution in [0.5, 0.6) is 0 Å². The van der Waals surface area contributed by atoms with Crippen LogP contribution >= 0.6 is 0 Å². The van der Waals surface area contributed by atoms with Gasteiger partial charge in [-0.2, -0.15) is 0 Å². The van der Waals surface area contributed by atoms with Crippen molar-refractivity contribution in [1.82, 2.24) is 14.1 Å². The summed E-state index contributed by atoms with van der Waals surface area (Å²) in [6.45, 7) is 14.9. The molecule has 0 aromatic carbocycles. The Morgan fingerprint density at radius 3 is 0.587 bits per heavy atom. The fraction of sp³-hybridized carbons (Fsp3) is 0.750. The molecular formula is C28H63N3O13S2. The predicted molar refractivity (Wildman–Crippen MR) is 183 cm³/mol. The molecule has 18 heteroatoms. The first kappa shape index (κ1) is 65.7. The van der Waals surface area contributed by atoms with Crippen LogP contribution in [0.25, 0.3) is 0 Å². The zero-order chi connectivity index (χ0) is 39.8. The molecular weight excluding hydrogens is 650 g/mol. The highest BCUT2D eigenvalue weighted by atomic mass is 32.2. The summed E-state index contributed by atoms with van der Waals surface area (Å²) >= 11 is -2.32. The van der Waals surface area contributed by atoms with E-state index in [-0.39, 0.29) is 41.1 Å². The highest BCUT2D eigenvalue weighted by Gasteiger charge is 1.95. The first-order valence-corrected chi connectivity index (χ1v) is 15.4. The molecule has 0 saturated heterocycles. The molecule has 0 saturated carbocycles. The van der Waals surface area contributed by atoms with Gasteiger partial charge in [-0.15, -0.1) is 0 Å². The summed E-state index contributed by atoms with van der Waals surface area (Å²) in [4.78, 5) is 70.7. The summed E-state index contributed by atoms with van der Waals surface area (Å²) in [6.07, 6.45) is 1.47. The second-order valence-corrected chi connectivity index (χ2v) is 11.3. The number of carbonyl (C=O) groups is 7. The normalized spacial score (nSPS) is 9.09. The van der Waals surface area contributed by atoms with Gasteiger partial charge in [0.1, 0.15) is 17.3 Å². The average Bonchev–Trinajstić information content (AvgIpc) is 2.88. The van der Waals surface area contributed by atoms with Gasteiger partial charge in [-0.3, -0.25) is 27.5 Å². The molecule has 280 valence electrons. The lowest BCUT2D eigenvalue weighted by Gasteiger charge is -2.03. The Morgan fingerprint density at radius 2 is 0.587 bits per heavy atom. The number of hydrogen-bond acceptors (Lipinski definition) is 13. The lowest BCUT2D eigenvalue weighted by Crippen LogP contribution is -2.17. The van der Waals surface area contributed by atoms with Crippen molar-refractivity contribution in [3.63, 3.8) is 0 Å². The van der Waals surface area contributed by atoms with Gasteiger partial charge in [0, 0.05) is 76.2 Å². The second-order valence-electron chi connectivity index (χ2n) is 8.71. The van der Waals surface area contributed by atoms with Crippen LogP contribution in [0.1, 0.15) is 69.2 Å². The molecule has 0 fully saturated rings. The van der Waals surface area contributed by atoms with Crippen LogP contribution in [-0.4, -0.2) is 141 Å². The number of esters is 2. The van der Waals surface area contributed by atoms with E-state index in [9.17, 15) is 42.0 Å². The van der Waals surface area contributed by atoms with E-state index >= 15 is 0 Å². The Hall–Kier alpha value is -2.93. The Kier molecular flexibility index (Phi) is 73.7. The topological polar surface area (TPSA) is 200 Å². The first-order valence-electron chi connectivity index (χ1n) is 12.9. The van der Waals surface area contributed by atoms with Gasteiger partial charge in [-0.25, -0.2) is 12.7 Å². The van der Waals surface area contributed by atoms with Crippen molar-refractivity contribution >= 4 is 63.4 Å². The fourth-order valence-electron chi connectivity index (χ4n) is 0.149. The number of methoxy groups -OCH3 is 2. The van der Waals surface area contributed by atoms with E-state index in [0.717, 1.165) is 0 Å². The Bertz CT molecular complexity index is 744. The maximum absolute atomic E-state index is 10.3. The van der Waals surface area contributed by atoms with Gasteiger partial charge in [-0.05, 0) is 41.5 Å². The Labute approximate surface area is 283 Å². The van der Waals surface area contributed by atoms with Gasteiger partial charge in [0.05, 0.1) is 28.4 Å². The third-order valence-electron chi connectivity index (χ3n) is 2.51. The summed E-state index contributed by atoms with van der Waals surface area (Å²) in [6, 6.07) is 0. The zero-order valence-corrected chi connectivity index (χ0v) is 33.6. The highest BCUT2D eigenvalue weighted by molar-refractivity contribution is 7.79. The summed E-state index contributed by atoms with van der Waals surface area (Å²) in [7, 11) is 15.8. The maximum Gasteiger partial charge on any atom is 0.302 e. The molecule has 0 spiro atoms. The number of ketones is 3. The van der Waals surface area contributed by atoms with Crippen molar-refractivity contribution in [1.29, 1.82) is 0 Å². The van der Waals surface area contributed by atoms with E-state index in [1.54, 1.807) is 42.3 Å². The van der Waals surface area contributed by atoms with Crippen LogP contribution in [0.15, 0.2) is 0 Å². The van der Waals surface area contributed by atoms with Gasteiger partial charge in [-0.1, -0.05) is 0 Å². The third-order valence-corrected chi connectivity index (χ3v) is 3.86. The summed E-state index contributed by atoms with van der Waals surface area (Å²) in [5, 5.41) is 0. The lowest BCUT2D eigenvalue weighted by atomic mass is 10.6. The predicted octanol–water partition coefficient (Wildman–Crippen LogP) is 2.03. The summed E-state index contributed by atoms with van der Waals surface area (Å²) in [5.41, 5.74) is 0. The third kappa shape index (κ3) is 226. The average molecular weight is 714 g/mol. The van der Waals surface area contributed by atoms with Crippen LogP contribution in [0.4, 0.5) is 0 Å². The molecule has 0 aromatic heterocycles. The summed E-state index contributed by atoms with van der Waals surface area (Å²) < 4.78 is 38.4. The Balaban J connectivity index is -0.0000000481. The molecule has 0 radical (unpaired) electrons. The number of hydrogen-bond donors (Lipinski definition) is 0. The van der Waals surface area contributed by atoms with E-state index in [1.807, 2.05) is 0 Å². The molecule has 0 bridgehead atoms. The van der Waals surface area contributed by atoms with Crippen LogP contribution in [0.3, 0.4) is 0 Å². The van der Waals surface area contributed by atoms with E-state index in [0.29, 0.717) is 0 Å². The van der Waals surface area contributed by atoms with E-state index in [2.05, 4.69) is 17.8 Å². The molecule has 2 amide bonds. The minimum atomic E-state index is -1.25. The van der Waals surface area contributed by atoms with Crippen molar-refractivity contribution in [2.45, 2.75) is 69.2 Å². The van der Waals surface area contributed by atoms with Crippen molar-refractivity contribution in [2.24, 2.45) is 0 Å². The van der Waals surface area contributed by atoms with Crippen molar-refractivity contribution in [2.75, 3.05) is 77.0 Å². The molecule has 2 atom stereocenters. The maximum atomic E-state index is 10.3. The van der Waals surface area contributed by atoms with Crippen molar-refractivity contribution in [3.8, 4) is 0 Å². The molecule has 2 unspecified atom stereocenters. The van der Waals surface area contributed by atoms with Crippen molar-refractivity contribution < 1.29 is 59.8 Å².